The van der Waals surface area contributed by atoms with Crippen molar-refractivity contribution in [3.8, 4) is 0 Å². The number of H-pyrrole nitrogens is 2. The quantitative estimate of drug-likeness (QED) is 0.854. The van der Waals surface area contributed by atoms with Gasteiger partial charge < -0.3 is 19.6 Å². The summed E-state index contributed by atoms with van der Waals surface area (Å²) in [5.41, 5.74) is 1.36. The summed E-state index contributed by atoms with van der Waals surface area (Å²) >= 11 is 5.03. The fourth-order valence-corrected chi connectivity index (χ4v) is 3.09. The van der Waals surface area contributed by atoms with Gasteiger partial charge in [0.15, 0.2) is 4.77 Å². The third kappa shape index (κ3) is 3.05. The number of nitrogens with one attached hydrogen (secondary N) is 2. The van der Waals surface area contributed by atoms with Crippen LogP contribution in [0.4, 0.5) is 4.39 Å². The van der Waals surface area contributed by atoms with Crippen LogP contribution in [0.1, 0.15) is 23.2 Å². The number of rotatable bonds is 3. The van der Waals surface area contributed by atoms with Gasteiger partial charge in [-0.2, -0.15) is 0 Å². The number of aromatic nitrogens is 2. The van der Waals surface area contributed by atoms with E-state index in [4.69, 9.17) is 17.0 Å². The summed E-state index contributed by atoms with van der Waals surface area (Å²) in [7, 11) is 1.75. The Hall–Kier alpha value is -1.73. The van der Waals surface area contributed by atoms with Gasteiger partial charge in [0, 0.05) is 26.8 Å². The maximum atomic E-state index is 13.7. The van der Waals surface area contributed by atoms with Crippen LogP contribution in [0, 0.1) is 16.5 Å². The van der Waals surface area contributed by atoms with Gasteiger partial charge in [-0.25, -0.2) is 4.39 Å². The van der Waals surface area contributed by atoms with Crippen molar-refractivity contribution < 1.29 is 13.9 Å². The van der Waals surface area contributed by atoms with Crippen molar-refractivity contribution in [2.75, 3.05) is 26.8 Å². The molecular formula is C15H18FN3O2S. The van der Waals surface area contributed by atoms with Crippen molar-refractivity contribution in [1.82, 2.24) is 14.9 Å². The molecule has 0 saturated carbocycles. The number of ether oxygens (including phenoxy) is 1. The minimum atomic E-state index is -0.458. The normalized spacial score (nSPS) is 16.1. The topological polar surface area (TPSA) is 61.1 Å². The Morgan fingerprint density at radius 3 is 2.86 bits per heavy atom. The lowest BCUT2D eigenvalue weighted by molar-refractivity contribution is 0.0498. The summed E-state index contributed by atoms with van der Waals surface area (Å²) in [5, 5.41) is 0. The number of nitrogens with zero attached hydrogens (tertiary/aromatic N) is 1. The molecule has 22 heavy (non-hydrogen) atoms. The predicted octanol–water partition coefficient (Wildman–Crippen LogP) is 2.86. The zero-order chi connectivity index (χ0) is 15.7. The summed E-state index contributed by atoms with van der Waals surface area (Å²) in [6, 6.07) is 2.58. The first-order valence-corrected chi connectivity index (χ1v) is 7.70. The van der Waals surface area contributed by atoms with E-state index in [0.717, 1.165) is 26.1 Å². The van der Waals surface area contributed by atoms with Crippen LogP contribution in [0.3, 0.4) is 0 Å². The number of imidazole rings is 1. The number of halogens is 1. The molecule has 1 aromatic heterocycles. The largest absolute Gasteiger partial charge is 0.381 e. The number of amides is 1. The minimum Gasteiger partial charge on any atom is -0.381 e. The third-order valence-corrected chi connectivity index (χ3v) is 4.24. The number of carbonyl (C=O) groups is 1. The second-order valence-corrected chi connectivity index (χ2v) is 6.10. The summed E-state index contributed by atoms with van der Waals surface area (Å²) in [4.78, 5) is 20.1. The van der Waals surface area contributed by atoms with Crippen LogP contribution in [0.15, 0.2) is 12.1 Å². The highest BCUT2D eigenvalue weighted by molar-refractivity contribution is 7.71. The van der Waals surface area contributed by atoms with E-state index < -0.39 is 5.82 Å². The van der Waals surface area contributed by atoms with Gasteiger partial charge in [-0.15, -0.1) is 0 Å². The molecule has 0 spiro atoms. The number of hydrogen-bond acceptors (Lipinski definition) is 3. The monoisotopic (exact) mass is 323 g/mol. The lowest BCUT2D eigenvalue weighted by Crippen LogP contribution is -2.34. The Morgan fingerprint density at radius 2 is 2.14 bits per heavy atom. The molecule has 1 saturated heterocycles. The molecule has 1 fully saturated rings. The van der Waals surface area contributed by atoms with Crippen LogP contribution in [-0.4, -0.2) is 47.6 Å². The fourth-order valence-electron chi connectivity index (χ4n) is 2.88. The molecule has 1 aliphatic heterocycles. The van der Waals surface area contributed by atoms with E-state index >= 15 is 0 Å². The number of aromatic amines is 2. The highest BCUT2D eigenvalue weighted by Crippen LogP contribution is 2.21. The maximum absolute atomic E-state index is 13.7. The summed E-state index contributed by atoms with van der Waals surface area (Å²) < 4.78 is 19.4. The van der Waals surface area contributed by atoms with Crippen LogP contribution in [-0.2, 0) is 4.74 Å². The zero-order valence-electron chi connectivity index (χ0n) is 12.3. The molecule has 1 aromatic carbocycles. The molecule has 1 amide bonds. The van der Waals surface area contributed by atoms with Crippen LogP contribution in [0.5, 0.6) is 0 Å². The Labute approximate surface area is 132 Å². The van der Waals surface area contributed by atoms with Gasteiger partial charge in [-0.05, 0) is 43.1 Å². The Morgan fingerprint density at radius 1 is 1.41 bits per heavy atom. The van der Waals surface area contributed by atoms with Crippen molar-refractivity contribution in [1.29, 1.82) is 0 Å². The summed E-state index contributed by atoms with van der Waals surface area (Å²) in [5.74, 6) is -0.238. The number of hydrogen-bond donors (Lipinski definition) is 2. The molecule has 2 aromatic rings. The maximum Gasteiger partial charge on any atom is 0.255 e. The Balaban J connectivity index is 1.86. The van der Waals surface area contributed by atoms with Gasteiger partial charge in [0.25, 0.3) is 5.91 Å². The Bertz CT molecular complexity index is 749. The lowest BCUT2D eigenvalue weighted by atomic mass is 9.99. The first-order chi connectivity index (χ1) is 10.5. The van der Waals surface area contributed by atoms with Crippen LogP contribution in [0.25, 0.3) is 11.0 Å². The van der Waals surface area contributed by atoms with E-state index in [9.17, 15) is 9.18 Å². The minimum absolute atomic E-state index is 0.207. The van der Waals surface area contributed by atoms with Gasteiger partial charge >= 0.3 is 0 Å². The molecule has 2 heterocycles. The number of carbonyl (C=O) groups excluding carboxylic acids is 1. The number of fused-ring (bicyclic) bond motifs is 1. The van der Waals surface area contributed by atoms with Gasteiger partial charge in [-0.3, -0.25) is 4.79 Å². The van der Waals surface area contributed by atoms with Gasteiger partial charge in [0.2, 0.25) is 0 Å². The van der Waals surface area contributed by atoms with E-state index in [1.54, 1.807) is 11.9 Å². The first kappa shape index (κ1) is 15.2. The third-order valence-electron chi connectivity index (χ3n) is 4.04. The molecule has 3 rings (SSSR count). The standard InChI is InChI=1S/C15H18FN3O2S/c1-19(8-9-2-4-21-5-3-9)14(20)11-6-10(16)7-12-13(11)18-15(22)17-12/h6-7,9H,2-5,8H2,1H3,(H2,17,18,22). The van der Waals surface area contributed by atoms with Gasteiger partial charge in [0.05, 0.1) is 16.6 Å². The molecule has 0 atom stereocenters. The molecule has 1 aliphatic rings. The SMILES string of the molecule is CN(CC1CCOCC1)C(=O)c1cc(F)cc2[nH]c(=S)[nH]c12. The smallest absolute Gasteiger partial charge is 0.255 e. The van der Waals surface area contributed by atoms with Crippen LogP contribution in [0.2, 0.25) is 0 Å². The van der Waals surface area contributed by atoms with E-state index in [1.807, 2.05) is 0 Å². The number of benzene rings is 1. The zero-order valence-corrected chi connectivity index (χ0v) is 13.1. The second-order valence-electron chi connectivity index (χ2n) is 5.70. The van der Waals surface area contributed by atoms with Crippen LogP contribution >= 0.6 is 12.2 Å². The molecule has 5 nitrogen and oxygen atoms in total. The van der Waals surface area contributed by atoms with Crippen molar-refractivity contribution in [3.05, 3.63) is 28.3 Å². The molecule has 7 heteroatoms. The van der Waals surface area contributed by atoms with Crippen molar-refractivity contribution >= 4 is 29.2 Å². The predicted molar refractivity (Wildman–Crippen MR) is 83.9 cm³/mol. The molecule has 0 bridgehead atoms. The highest BCUT2D eigenvalue weighted by atomic mass is 32.1. The van der Waals surface area contributed by atoms with Crippen molar-refractivity contribution in [2.24, 2.45) is 5.92 Å². The lowest BCUT2D eigenvalue weighted by Gasteiger charge is -2.27. The second kappa shape index (κ2) is 6.18. The first-order valence-electron chi connectivity index (χ1n) is 7.29. The molecule has 0 radical (unpaired) electrons. The van der Waals surface area contributed by atoms with Gasteiger partial charge in [-0.1, -0.05) is 0 Å². The highest BCUT2D eigenvalue weighted by Gasteiger charge is 2.22. The summed E-state index contributed by atoms with van der Waals surface area (Å²) in [6.07, 6.45) is 1.89. The molecule has 2 N–H and O–H groups in total. The molecule has 0 aliphatic carbocycles. The molecule has 0 unspecified atom stereocenters. The Kier molecular flexibility index (Phi) is 4.26. The molecule has 118 valence electrons. The van der Waals surface area contributed by atoms with E-state index in [0.29, 0.717) is 33.8 Å². The fraction of sp³-hybridized carbons (Fsp3) is 0.467. The van der Waals surface area contributed by atoms with Crippen molar-refractivity contribution in [3.63, 3.8) is 0 Å². The van der Waals surface area contributed by atoms with Gasteiger partial charge in [0.1, 0.15) is 5.82 Å². The van der Waals surface area contributed by atoms with E-state index in [1.165, 1.54) is 12.1 Å². The van der Waals surface area contributed by atoms with Crippen LogP contribution < -0.4 is 0 Å². The van der Waals surface area contributed by atoms with Crippen molar-refractivity contribution in [2.45, 2.75) is 12.8 Å². The molecular weight excluding hydrogens is 305 g/mol. The average Bonchev–Trinajstić information content (AvgIpc) is 2.86. The average molecular weight is 323 g/mol. The van der Waals surface area contributed by atoms with E-state index in [2.05, 4.69) is 9.97 Å². The van der Waals surface area contributed by atoms with E-state index in [-0.39, 0.29) is 5.91 Å². The summed E-state index contributed by atoms with van der Waals surface area (Å²) in [6.45, 7) is 2.12.